The van der Waals surface area contributed by atoms with Crippen LogP contribution in [0.25, 0.3) is 0 Å². The summed E-state index contributed by atoms with van der Waals surface area (Å²) in [5.74, 6) is -0.437. The monoisotopic (exact) mass is 328 g/mol. The van der Waals surface area contributed by atoms with Gasteiger partial charge in [-0.15, -0.1) is 0 Å². The van der Waals surface area contributed by atoms with Crippen LogP contribution in [0.15, 0.2) is 48.5 Å². The molecule has 0 saturated carbocycles. The number of ether oxygens (including phenoxy) is 1. The number of nitro benzene ring substituents is 1. The number of carbonyl (C=O) groups is 1. The second-order valence-corrected chi connectivity index (χ2v) is 5.38. The number of amides is 1. The molecule has 126 valence electrons. The van der Waals surface area contributed by atoms with Crippen LogP contribution in [0.1, 0.15) is 27.9 Å². The Kier molecular flexibility index (Phi) is 6.45. The first-order valence-corrected chi connectivity index (χ1v) is 7.73. The van der Waals surface area contributed by atoms with Gasteiger partial charge in [-0.3, -0.25) is 14.9 Å². The molecule has 2 aromatic carbocycles. The maximum atomic E-state index is 12.1. The SMILES string of the molecule is Cc1cccc(C(=O)NCCCOCc2ccccc2)c1[N+](=O)[O-]. The van der Waals surface area contributed by atoms with E-state index in [1.807, 2.05) is 30.3 Å². The van der Waals surface area contributed by atoms with E-state index in [4.69, 9.17) is 4.74 Å². The minimum Gasteiger partial charge on any atom is -0.377 e. The van der Waals surface area contributed by atoms with Crippen molar-refractivity contribution in [2.45, 2.75) is 20.0 Å². The van der Waals surface area contributed by atoms with Gasteiger partial charge in [0.25, 0.3) is 11.6 Å². The topological polar surface area (TPSA) is 81.5 Å². The average molecular weight is 328 g/mol. The van der Waals surface area contributed by atoms with Crippen LogP contribution in [-0.4, -0.2) is 24.0 Å². The molecular weight excluding hydrogens is 308 g/mol. The molecule has 0 saturated heterocycles. The van der Waals surface area contributed by atoms with E-state index >= 15 is 0 Å². The molecule has 6 heteroatoms. The molecule has 2 rings (SSSR count). The highest BCUT2D eigenvalue weighted by Crippen LogP contribution is 2.22. The highest BCUT2D eigenvalue weighted by atomic mass is 16.6. The van der Waals surface area contributed by atoms with Gasteiger partial charge in [0.05, 0.1) is 11.5 Å². The van der Waals surface area contributed by atoms with Gasteiger partial charge < -0.3 is 10.1 Å². The molecule has 1 amide bonds. The van der Waals surface area contributed by atoms with Crippen LogP contribution in [0.5, 0.6) is 0 Å². The van der Waals surface area contributed by atoms with Crippen molar-refractivity contribution >= 4 is 11.6 Å². The molecule has 24 heavy (non-hydrogen) atoms. The third-order valence-electron chi connectivity index (χ3n) is 3.53. The maximum Gasteiger partial charge on any atom is 0.285 e. The number of carbonyl (C=O) groups excluding carboxylic acids is 1. The molecule has 0 unspecified atom stereocenters. The molecule has 2 aromatic rings. The lowest BCUT2D eigenvalue weighted by Crippen LogP contribution is -2.26. The number of hydrogen-bond donors (Lipinski definition) is 1. The Morgan fingerprint density at radius 2 is 1.92 bits per heavy atom. The molecule has 0 aromatic heterocycles. The smallest absolute Gasteiger partial charge is 0.285 e. The molecule has 0 atom stereocenters. The number of hydrogen-bond acceptors (Lipinski definition) is 4. The predicted molar refractivity (Wildman–Crippen MR) is 90.9 cm³/mol. The fourth-order valence-corrected chi connectivity index (χ4v) is 2.32. The van der Waals surface area contributed by atoms with Crippen molar-refractivity contribution in [3.63, 3.8) is 0 Å². The van der Waals surface area contributed by atoms with Crippen LogP contribution in [0.2, 0.25) is 0 Å². The standard InChI is InChI=1S/C18H20N2O4/c1-14-7-5-10-16(17(14)20(22)23)18(21)19-11-6-12-24-13-15-8-3-2-4-9-15/h2-5,7-10H,6,11-13H2,1H3,(H,19,21). The van der Waals surface area contributed by atoms with Gasteiger partial charge in [-0.1, -0.05) is 42.5 Å². The number of nitrogens with zero attached hydrogens (tertiary/aromatic N) is 1. The molecule has 1 N–H and O–H groups in total. The van der Waals surface area contributed by atoms with Crippen LogP contribution in [0.3, 0.4) is 0 Å². The van der Waals surface area contributed by atoms with E-state index in [0.29, 0.717) is 31.7 Å². The van der Waals surface area contributed by atoms with E-state index in [2.05, 4.69) is 5.32 Å². The second-order valence-electron chi connectivity index (χ2n) is 5.38. The Bertz CT molecular complexity index is 701. The Balaban J connectivity index is 1.76. The summed E-state index contributed by atoms with van der Waals surface area (Å²) < 4.78 is 5.53. The summed E-state index contributed by atoms with van der Waals surface area (Å²) >= 11 is 0. The van der Waals surface area contributed by atoms with Crippen molar-refractivity contribution in [1.29, 1.82) is 0 Å². The van der Waals surface area contributed by atoms with E-state index < -0.39 is 10.8 Å². The first-order chi connectivity index (χ1) is 11.6. The molecule has 0 aliphatic rings. The van der Waals surface area contributed by atoms with Gasteiger partial charge in [0.15, 0.2) is 0 Å². The number of nitrogens with one attached hydrogen (secondary N) is 1. The van der Waals surface area contributed by atoms with Crippen molar-refractivity contribution in [2.24, 2.45) is 0 Å². The number of aryl methyl sites for hydroxylation is 1. The molecule has 0 aliphatic carbocycles. The lowest BCUT2D eigenvalue weighted by molar-refractivity contribution is -0.385. The van der Waals surface area contributed by atoms with Crippen molar-refractivity contribution in [2.75, 3.05) is 13.2 Å². The summed E-state index contributed by atoms with van der Waals surface area (Å²) in [7, 11) is 0. The van der Waals surface area contributed by atoms with Gasteiger partial charge in [0, 0.05) is 18.7 Å². The maximum absolute atomic E-state index is 12.1. The third kappa shape index (κ3) is 4.89. The van der Waals surface area contributed by atoms with Crippen LogP contribution in [0, 0.1) is 17.0 Å². The zero-order valence-electron chi connectivity index (χ0n) is 13.5. The molecule has 0 spiro atoms. The lowest BCUT2D eigenvalue weighted by Gasteiger charge is -2.08. The summed E-state index contributed by atoms with van der Waals surface area (Å²) in [5.41, 5.74) is 1.51. The molecular formula is C18H20N2O4. The van der Waals surface area contributed by atoms with Gasteiger partial charge in [-0.25, -0.2) is 0 Å². The normalized spacial score (nSPS) is 10.4. The van der Waals surface area contributed by atoms with Gasteiger partial charge in [0.2, 0.25) is 0 Å². The van der Waals surface area contributed by atoms with Crippen molar-refractivity contribution < 1.29 is 14.5 Å². The van der Waals surface area contributed by atoms with Gasteiger partial charge in [-0.05, 0) is 25.0 Å². The van der Waals surface area contributed by atoms with Crippen LogP contribution >= 0.6 is 0 Å². The van der Waals surface area contributed by atoms with Gasteiger partial charge in [0.1, 0.15) is 5.56 Å². The minimum absolute atomic E-state index is 0.0882. The molecule has 0 bridgehead atoms. The number of para-hydroxylation sites is 1. The molecule has 6 nitrogen and oxygen atoms in total. The highest BCUT2D eigenvalue weighted by Gasteiger charge is 2.21. The number of rotatable bonds is 8. The fourth-order valence-electron chi connectivity index (χ4n) is 2.32. The summed E-state index contributed by atoms with van der Waals surface area (Å²) in [5, 5.41) is 13.8. The first kappa shape index (κ1) is 17.6. The largest absolute Gasteiger partial charge is 0.377 e. The van der Waals surface area contributed by atoms with E-state index in [9.17, 15) is 14.9 Å². The van der Waals surface area contributed by atoms with Crippen molar-refractivity contribution in [1.82, 2.24) is 5.32 Å². The van der Waals surface area contributed by atoms with Gasteiger partial charge in [-0.2, -0.15) is 0 Å². The van der Waals surface area contributed by atoms with Crippen LogP contribution in [0.4, 0.5) is 5.69 Å². The molecule has 0 radical (unpaired) electrons. The fraction of sp³-hybridized carbons (Fsp3) is 0.278. The Hall–Kier alpha value is -2.73. The number of benzene rings is 2. The van der Waals surface area contributed by atoms with Crippen molar-refractivity contribution in [3.8, 4) is 0 Å². The summed E-state index contributed by atoms with van der Waals surface area (Å²) in [6.45, 7) is 3.05. The van der Waals surface area contributed by atoms with E-state index in [1.54, 1.807) is 19.1 Å². The lowest BCUT2D eigenvalue weighted by atomic mass is 10.1. The Labute approximate surface area is 140 Å². The summed E-state index contributed by atoms with van der Waals surface area (Å²) in [6, 6.07) is 14.5. The Morgan fingerprint density at radius 3 is 2.62 bits per heavy atom. The second kappa shape index (κ2) is 8.79. The van der Waals surface area contributed by atoms with Crippen LogP contribution in [-0.2, 0) is 11.3 Å². The quantitative estimate of drug-likeness (QED) is 0.458. The van der Waals surface area contributed by atoms with E-state index in [1.165, 1.54) is 6.07 Å². The first-order valence-electron chi connectivity index (χ1n) is 7.73. The summed E-state index contributed by atoms with van der Waals surface area (Å²) in [4.78, 5) is 22.7. The zero-order valence-corrected chi connectivity index (χ0v) is 13.5. The number of nitro groups is 1. The highest BCUT2D eigenvalue weighted by molar-refractivity contribution is 5.98. The van der Waals surface area contributed by atoms with Gasteiger partial charge >= 0.3 is 0 Å². The molecule has 0 heterocycles. The minimum atomic E-state index is -0.521. The van der Waals surface area contributed by atoms with Crippen molar-refractivity contribution in [3.05, 3.63) is 75.3 Å². The third-order valence-corrected chi connectivity index (χ3v) is 3.53. The van der Waals surface area contributed by atoms with Crippen LogP contribution < -0.4 is 5.32 Å². The Morgan fingerprint density at radius 1 is 1.17 bits per heavy atom. The zero-order chi connectivity index (χ0) is 17.4. The summed E-state index contributed by atoms with van der Waals surface area (Å²) in [6.07, 6.45) is 0.637. The predicted octanol–water partition coefficient (Wildman–Crippen LogP) is 3.24. The van der Waals surface area contributed by atoms with E-state index in [0.717, 1.165) is 5.56 Å². The average Bonchev–Trinajstić information content (AvgIpc) is 2.58. The van der Waals surface area contributed by atoms with E-state index in [-0.39, 0.29) is 11.3 Å². The molecule has 0 aliphatic heterocycles. The molecule has 0 fully saturated rings.